The van der Waals surface area contributed by atoms with Crippen LogP contribution in [0.25, 0.3) is 11.3 Å². The number of aromatic nitrogens is 1. The van der Waals surface area contributed by atoms with Crippen molar-refractivity contribution in [2.45, 2.75) is 6.92 Å². The van der Waals surface area contributed by atoms with Gasteiger partial charge >= 0.3 is 0 Å². The lowest BCUT2D eigenvalue weighted by atomic mass is 10.1. The van der Waals surface area contributed by atoms with E-state index in [1.54, 1.807) is 24.3 Å². The molecule has 0 spiro atoms. The standard InChI is InChI=1S/C25H20ClIN4O3S/c1-2-34-22-12-15(11-20(27)23(22)32)13-28-31-24(33)17-5-3-16(4-6-17)21-14-35-25(30-21)29-19-9-7-18(26)8-10-19/h3-14,32H,2H2,1H3,(H,29,30)(H,31,33)/b28-13-. The van der Waals surface area contributed by atoms with Crippen LogP contribution in [0.2, 0.25) is 5.02 Å². The summed E-state index contributed by atoms with van der Waals surface area (Å²) in [4.78, 5) is 17.1. The molecule has 10 heteroatoms. The first kappa shape index (κ1) is 25.0. The molecule has 178 valence electrons. The van der Waals surface area contributed by atoms with Gasteiger partial charge in [-0.15, -0.1) is 11.3 Å². The monoisotopic (exact) mass is 618 g/mol. The zero-order valence-electron chi connectivity index (χ0n) is 18.5. The number of halogens is 2. The van der Waals surface area contributed by atoms with Crippen LogP contribution >= 0.6 is 45.5 Å². The van der Waals surface area contributed by atoms with E-state index in [2.05, 4.69) is 20.8 Å². The molecule has 3 aromatic carbocycles. The molecule has 0 saturated carbocycles. The molecule has 4 rings (SSSR count). The van der Waals surface area contributed by atoms with E-state index in [4.69, 9.17) is 16.3 Å². The maximum absolute atomic E-state index is 12.5. The second kappa shape index (κ2) is 11.5. The Kier molecular flexibility index (Phi) is 8.21. The number of ether oxygens (including phenoxy) is 1. The zero-order chi connectivity index (χ0) is 24.8. The van der Waals surface area contributed by atoms with Crippen molar-refractivity contribution in [3.63, 3.8) is 0 Å². The minimum Gasteiger partial charge on any atom is -0.504 e. The zero-order valence-corrected chi connectivity index (χ0v) is 22.2. The third kappa shape index (κ3) is 6.50. The predicted octanol–water partition coefficient (Wildman–Crippen LogP) is 6.68. The number of anilines is 2. The number of carbonyl (C=O) groups is 1. The second-order valence-electron chi connectivity index (χ2n) is 7.23. The van der Waals surface area contributed by atoms with E-state index in [1.807, 2.05) is 71.3 Å². The number of nitrogens with one attached hydrogen (secondary N) is 2. The van der Waals surface area contributed by atoms with Crippen LogP contribution in [-0.4, -0.2) is 28.8 Å². The smallest absolute Gasteiger partial charge is 0.271 e. The lowest BCUT2D eigenvalue weighted by molar-refractivity contribution is 0.0955. The number of hydrogen-bond acceptors (Lipinski definition) is 7. The van der Waals surface area contributed by atoms with E-state index < -0.39 is 0 Å². The number of amides is 1. The molecule has 0 saturated heterocycles. The number of thiazole rings is 1. The molecule has 0 aliphatic carbocycles. The molecular formula is C25H20ClIN4O3S. The van der Waals surface area contributed by atoms with Crippen LogP contribution in [-0.2, 0) is 0 Å². The van der Waals surface area contributed by atoms with E-state index in [1.165, 1.54) is 17.6 Å². The van der Waals surface area contributed by atoms with Gasteiger partial charge in [0.25, 0.3) is 5.91 Å². The van der Waals surface area contributed by atoms with Crippen LogP contribution in [0.5, 0.6) is 11.5 Å². The van der Waals surface area contributed by atoms with Crippen LogP contribution < -0.4 is 15.5 Å². The molecule has 35 heavy (non-hydrogen) atoms. The molecule has 0 aliphatic heterocycles. The number of rotatable bonds is 8. The summed E-state index contributed by atoms with van der Waals surface area (Å²) in [5, 5.41) is 20.7. The number of hydrogen-bond donors (Lipinski definition) is 3. The summed E-state index contributed by atoms with van der Waals surface area (Å²) in [6, 6.07) is 17.9. The fraction of sp³-hybridized carbons (Fsp3) is 0.0800. The van der Waals surface area contributed by atoms with E-state index in [0.717, 1.165) is 22.1 Å². The Morgan fingerprint density at radius 2 is 1.94 bits per heavy atom. The Labute approximate surface area is 225 Å². The van der Waals surface area contributed by atoms with Gasteiger partial charge in [-0.05, 0) is 83.6 Å². The van der Waals surface area contributed by atoms with Crippen molar-refractivity contribution in [3.8, 4) is 22.8 Å². The van der Waals surface area contributed by atoms with Gasteiger partial charge < -0.3 is 15.2 Å². The maximum atomic E-state index is 12.5. The van der Waals surface area contributed by atoms with Crippen LogP contribution in [0.15, 0.2) is 71.1 Å². The highest BCUT2D eigenvalue weighted by atomic mass is 127. The normalized spacial score (nSPS) is 10.9. The Morgan fingerprint density at radius 1 is 1.20 bits per heavy atom. The van der Waals surface area contributed by atoms with Crippen molar-refractivity contribution in [2.24, 2.45) is 5.10 Å². The molecule has 1 amide bonds. The third-order valence-electron chi connectivity index (χ3n) is 4.77. The van der Waals surface area contributed by atoms with Crippen molar-refractivity contribution < 1.29 is 14.6 Å². The number of aromatic hydroxyl groups is 1. The molecule has 3 N–H and O–H groups in total. The SMILES string of the molecule is CCOc1cc(/C=N\NC(=O)c2ccc(-c3csc(Nc4ccc(Cl)cc4)n3)cc2)cc(I)c1O. The third-order valence-corrected chi connectivity index (χ3v) is 6.60. The number of carbonyl (C=O) groups excluding carboxylic acids is 1. The number of phenols is 1. The molecule has 1 heterocycles. The molecule has 0 radical (unpaired) electrons. The highest BCUT2D eigenvalue weighted by Gasteiger charge is 2.10. The molecule has 0 unspecified atom stereocenters. The Bertz CT molecular complexity index is 1360. The molecule has 0 fully saturated rings. The van der Waals surface area contributed by atoms with E-state index >= 15 is 0 Å². The summed E-state index contributed by atoms with van der Waals surface area (Å²) in [5.41, 5.74) is 6.29. The van der Waals surface area contributed by atoms with Crippen molar-refractivity contribution in [1.29, 1.82) is 0 Å². The van der Waals surface area contributed by atoms with E-state index in [9.17, 15) is 9.90 Å². The first-order valence-electron chi connectivity index (χ1n) is 10.5. The number of hydrazone groups is 1. The summed E-state index contributed by atoms with van der Waals surface area (Å²) in [6.45, 7) is 2.27. The van der Waals surface area contributed by atoms with Gasteiger partial charge in [0, 0.05) is 27.2 Å². The van der Waals surface area contributed by atoms with Gasteiger partial charge in [0.1, 0.15) is 0 Å². The number of phenolic OH excluding ortho intramolecular Hbond substituents is 1. The van der Waals surface area contributed by atoms with Crippen molar-refractivity contribution in [3.05, 3.63) is 85.8 Å². The van der Waals surface area contributed by atoms with Crippen molar-refractivity contribution >= 4 is 68.5 Å². The van der Waals surface area contributed by atoms with Crippen LogP contribution in [0.4, 0.5) is 10.8 Å². The van der Waals surface area contributed by atoms with Gasteiger partial charge in [0.2, 0.25) is 0 Å². The van der Waals surface area contributed by atoms with Crippen LogP contribution in [0, 0.1) is 3.57 Å². The molecular weight excluding hydrogens is 599 g/mol. The van der Waals surface area contributed by atoms with Gasteiger partial charge in [-0.1, -0.05) is 23.7 Å². The predicted molar refractivity (Wildman–Crippen MR) is 149 cm³/mol. The average molecular weight is 619 g/mol. The van der Waals surface area contributed by atoms with Crippen LogP contribution in [0.1, 0.15) is 22.8 Å². The second-order valence-corrected chi connectivity index (χ2v) is 9.69. The summed E-state index contributed by atoms with van der Waals surface area (Å²) in [5.74, 6) is 0.118. The quantitative estimate of drug-likeness (QED) is 0.116. The summed E-state index contributed by atoms with van der Waals surface area (Å²) in [6.07, 6.45) is 1.50. The molecule has 7 nitrogen and oxygen atoms in total. The van der Waals surface area contributed by atoms with E-state index in [0.29, 0.717) is 32.1 Å². The first-order valence-corrected chi connectivity index (χ1v) is 12.8. The van der Waals surface area contributed by atoms with Gasteiger partial charge in [-0.3, -0.25) is 4.79 Å². The minimum absolute atomic E-state index is 0.0849. The lowest BCUT2D eigenvalue weighted by Gasteiger charge is -2.08. The van der Waals surface area contributed by atoms with Crippen molar-refractivity contribution in [2.75, 3.05) is 11.9 Å². The van der Waals surface area contributed by atoms with Gasteiger partial charge in [-0.2, -0.15) is 5.10 Å². The highest BCUT2D eigenvalue weighted by Crippen LogP contribution is 2.32. The molecule has 0 aliphatic rings. The summed E-state index contributed by atoms with van der Waals surface area (Å²) >= 11 is 9.43. The topological polar surface area (TPSA) is 95.8 Å². The fourth-order valence-electron chi connectivity index (χ4n) is 3.08. The molecule has 0 atom stereocenters. The van der Waals surface area contributed by atoms with E-state index in [-0.39, 0.29) is 11.7 Å². The van der Waals surface area contributed by atoms with Crippen LogP contribution in [0.3, 0.4) is 0 Å². The minimum atomic E-state index is -0.338. The van der Waals surface area contributed by atoms with Gasteiger partial charge in [-0.25, -0.2) is 10.4 Å². The first-order chi connectivity index (χ1) is 16.9. The molecule has 1 aromatic heterocycles. The average Bonchev–Trinajstić information content (AvgIpc) is 3.32. The highest BCUT2D eigenvalue weighted by molar-refractivity contribution is 14.1. The largest absolute Gasteiger partial charge is 0.504 e. The van der Waals surface area contributed by atoms with Gasteiger partial charge in [0.05, 0.1) is 22.1 Å². The Hall–Kier alpha value is -3.15. The molecule has 4 aromatic rings. The van der Waals surface area contributed by atoms with Crippen molar-refractivity contribution in [1.82, 2.24) is 10.4 Å². The Balaban J connectivity index is 1.38. The Morgan fingerprint density at radius 3 is 2.66 bits per heavy atom. The molecule has 0 bridgehead atoms. The maximum Gasteiger partial charge on any atom is 0.271 e. The van der Waals surface area contributed by atoms with Gasteiger partial charge in [0.15, 0.2) is 16.6 Å². The lowest BCUT2D eigenvalue weighted by Crippen LogP contribution is -2.17. The fourth-order valence-corrected chi connectivity index (χ4v) is 4.57. The summed E-state index contributed by atoms with van der Waals surface area (Å²) in [7, 11) is 0. The number of benzene rings is 3. The number of nitrogens with zero attached hydrogens (tertiary/aromatic N) is 2. The summed E-state index contributed by atoms with van der Waals surface area (Å²) < 4.78 is 6.05.